The molecule has 0 N–H and O–H groups in total. The molecular formula is C25H26N4O4. The minimum Gasteiger partial charge on any atom is -0.486 e. The Morgan fingerprint density at radius 1 is 1.06 bits per heavy atom. The third-order valence-electron chi connectivity index (χ3n) is 6.28. The number of fused-ring (bicyclic) bond motifs is 1. The van der Waals surface area contributed by atoms with Crippen molar-refractivity contribution in [2.75, 3.05) is 26.3 Å². The van der Waals surface area contributed by atoms with Crippen LogP contribution >= 0.6 is 0 Å². The number of hydrogen-bond donors (Lipinski definition) is 0. The second-order valence-corrected chi connectivity index (χ2v) is 8.25. The van der Waals surface area contributed by atoms with Crippen molar-refractivity contribution in [3.8, 4) is 17.3 Å². The maximum atomic E-state index is 13.3. The topological polar surface area (TPSA) is 86.5 Å². The van der Waals surface area contributed by atoms with Crippen LogP contribution in [0.2, 0.25) is 0 Å². The molecule has 1 amide bonds. The van der Waals surface area contributed by atoms with Crippen LogP contribution in [0.1, 0.15) is 46.2 Å². The molecule has 1 aromatic carbocycles. The van der Waals surface area contributed by atoms with E-state index >= 15 is 0 Å². The molecule has 0 atom stereocenters. The molecule has 2 aliphatic rings. The van der Waals surface area contributed by atoms with Crippen LogP contribution in [0, 0.1) is 5.92 Å². The lowest BCUT2D eigenvalue weighted by atomic mass is 9.88. The molecule has 170 valence electrons. The number of hydrogen-bond acceptors (Lipinski definition) is 6. The van der Waals surface area contributed by atoms with Gasteiger partial charge in [-0.1, -0.05) is 13.0 Å². The van der Waals surface area contributed by atoms with Crippen molar-refractivity contribution in [2.45, 2.75) is 26.2 Å². The molecule has 2 aromatic heterocycles. The maximum Gasteiger partial charge on any atom is 0.257 e. The summed E-state index contributed by atoms with van der Waals surface area (Å²) in [5.74, 6) is 1.93. The van der Waals surface area contributed by atoms with E-state index in [0.717, 1.165) is 5.69 Å². The maximum absolute atomic E-state index is 13.3. The molecule has 8 nitrogen and oxygen atoms in total. The Hall–Kier alpha value is -3.68. The molecular weight excluding hydrogens is 420 g/mol. The van der Waals surface area contributed by atoms with Gasteiger partial charge in [-0.3, -0.25) is 9.59 Å². The molecule has 0 aliphatic carbocycles. The van der Waals surface area contributed by atoms with E-state index in [1.165, 1.54) is 0 Å². The Labute approximate surface area is 192 Å². The predicted molar refractivity (Wildman–Crippen MR) is 121 cm³/mol. The number of carbonyl (C=O) groups excluding carboxylic acids is 2. The van der Waals surface area contributed by atoms with Gasteiger partial charge in [0.15, 0.2) is 23.1 Å². The normalized spacial score (nSPS) is 16.0. The van der Waals surface area contributed by atoms with E-state index in [1.807, 2.05) is 30.0 Å². The molecule has 0 saturated carbocycles. The van der Waals surface area contributed by atoms with Gasteiger partial charge in [0.1, 0.15) is 13.2 Å². The third-order valence-corrected chi connectivity index (χ3v) is 6.28. The smallest absolute Gasteiger partial charge is 0.257 e. The third kappa shape index (κ3) is 4.08. The molecule has 4 heterocycles. The predicted octanol–water partition coefficient (Wildman–Crippen LogP) is 3.34. The fourth-order valence-corrected chi connectivity index (χ4v) is 4.52. The minimum atomic E-state index is -0.113. The Morgan fingerprint density at radius 3 is 2.58 bits per heavy atom. The van der Waals surface area contributed by atoms with Gasteiger partial charge in [-0.25, -0.2) is 9.67 Å². The number of pyridine rings is 1. The fourth-order valence-electron chi connectivity index (χ4n) is 4.52. The number of piperidine rings is 1. The van der Waals surface area contributed by atoms with Gasteiger partial charge in [0, 0.05) is 30.8 Å². The van der Waals surface area contributed by atoms with E-state index in [4.69, 9.17) is 9.47 Å². The number of aromatic nitrogens is 3. The highest BCUT2D eigenvalue weighted by Gasteiger charge is 2.31. The standard InChI is InChI=1S/C25H26N4O4/c1-2-20-19(16-27-29(20)23-5-3-4-10-26-23)25(31)28-11-8-17(9-12-28)24(30)18-6-7-21-22(15-18)33-14-13-32-21/h3-7,10,15-17H,2,8-9,11-14H2,1H3. The van der Waals surface area contributed by atoms with Crippen molar-refractivity contribution in [3.05, 3.63) is 65.6 Å². The SMILES string of the molecule is CCc1c(C(=O)N2CCC(C(=O)c3ccc4c(c3)OCCO4)CC2)cnn1-c1ccccn1. The first-order chi connectivity index (χ1) is 16.2. The summed E-state index contributed by atoms with van der Waals surface area (Å²) >= 11 is 0. The van der Waals surface area contributed by atoms with E-state index < -0.39 is 0 Å². The van der Waals surface area contributed by atoms with Crippen LogP contribution in [0.3, 0.4) is 0 Å². The highest BCUT2D eigenvalue weighted by atomic mass is 16.6. The second-order valence-electron chi connectivity index (χ2n) is 8.25. The van der Waals surface area contributed by atoms with Gasteiger partial charge in [-0.05, 0) is 49.6 Å². The van der Waals surface area contributed by atoms with Gasteiger partial charge < -0.3 is 14.4 Å². The molecule has 0 unspecified atom stereocenters. The van der Waals surface area contributed by atoms with E-state index in [-0.39, 0.29) is 17.6 Å². The summed E-state index contributed by atoms with van der Waals surface area (Å²) in [5, 5.41) is 4.42. The van der Waals surface area contributed by atoms with Crippen LogP contribution in [0.25, 0.3) is 5.82 Å². The van der Waals surface area contributed by atoms with E-state index in [0.29, 0.717) is 74.0 Å². The van der Waals surface area contributed by atoms with Crippen LogP contribution in [0.4, 0.5) is 0 Å². The lowest BCUT2D eigenvalue weighted by Crippen LogP contribution is -2.40. The number of benzene rings is 1. The van der Waals surface area contributed by atoms with Crippen molar-refractivity contribution < 1.29 is 19.1 Å². The van der Waals surface area contributed by atoms with Crippen molar-refractivity contribution >= 4 is 11.7 Å². The molecule has 2 aliphatic heterocycles. The number of ether oxygens (including phenoxy) is 2. The van der Waals surface area contributed by atoms with Crippen molar-refractivity contribution in [1.82, 2.24) is 19.7 Å². The van der Waals surface area contributed by atoms with Crippen LogP contribution in [0.5, 0.6) is 11.5 Å². The summed E-state index contributed by atoms with van der Waals surface area (Å²) in [4.78, 5) is 32.5. The monoisotopic (exact) mass is 446 g/mol. The number of carbonyl (C=O) groups is 2. The summed E-state index contributed by atoms with van der Waals surface area (Å²) in [6.07, 6.45) is 5.27. The molecule has 8 heteroatoms. The average Bonchev–Trinajstić information content (AvgIpc) is 3.32. The largest absolute Gasteiger partial charge is 0.486 e. The summed E-state index contributed by atoms with van der Waals surface area (Å²) in [6, 6.07) is 11.0. The molecule has 33 heavy (non-hydrogen) atoms. The van der Waals surface area contributed by atoms with Gasteiger partial charge >= 0.3 is 0 Å². The first-order valence-corrected chi connectivity index (χ1v) is 11.4. The summed E-state index contributed by atoms with van der Waals surface area (Å²) in [5.41, 5.74) is 2.07. The van der Waals surface area contributed by atoms with Gasteiger partial charge in [0.25, 0.3) is 5.91 Å². The van der Waals surface area contributed by atoms with Crippen LogP contribution < -0.4 is 9.47 Å². The quantitative estimate of drug-likeness (QED) is 0.559. The molecule has 0 spiro atoms. The highest BCUT2D eigenvalue weighted by Crippen LogP contribution is 2.33. The number of rotatable bonds is 5. The summed E-state index contributed by atoms with van der Waals surface area (Å²) in [6.45, 7) is 4.09. The van der Waals surface area contributed by atoms with Crippen molar-refractivity contribution in [2.24, 2.45) is 5.92 Å². The lowest BCUT2D eigenvalue weighted by molar-refractivity contribution is 0.0649. The number of Topliss-reactive ketones (excluding diaryl/α,β-unsaturated/α-hetero) is 1. The number of nitrogens with zero attached hydrogens (tertiary/aromatic N) is 4. The first kappa shape index (κ1) is 21.2. The second kappa shape index (κ2) is 9.05. The molecule has 3 aromatic rings. The number of likely N-dealkylation sites (tertiary alicyclic amines) is 1. The Bertz CT molecular complexity index is 1170. The molecule has 0 radical (unpaired) electrons. The van der Waals surface area contributed by atoms with Gasteiger partial charge in [0.2, 0.25) is 0 Å². The minimum absolute atomic E-state index is 0.0424. The highest BCUT2D eigenvalue weighted by molar-refractivity contribution is 5.99. The zero-order valence-corrected chi connectivity index (χ0v) is 18.6. The molecule has 5 rings (SSSR count). The van der Waals surface area contributed by atoms with Gasteiger partial charge in [0.05, 0.1) is 17.5 Å². The zero-order valence-electron chi connectivity index (χ0n) is 18.6. The molecule has 1 fully saturated rings. The Morgan fingerprint density at radius 2 is 1.85 bits per heavy atom. The van der Waals surface area contributed by atoms with Crippen LogP contribution in [-0.4, -0.2) is 57.7 Å². The fraction of sp³-hybridized carbons (Fsp3) is 0.360. The lowest BCUT2D eigenvalue weighted by Gasteiger charge is -2.31. The van der Waals surface area contributed by atoms with Crippen molar-refractivity contribution in [1.29, 1.82) is 0 Å². The summed E-state index contributed by atoms with van der Waals surface area (Å²) < 4.78 is 12.9. The van der Waals surface area contributed by atoms with Gasteiger partial charge in [-0.15, -0.1) is 0 Å². The van der Waals surface area contributed by atoms with E-state index in [2.05, 4.69) is 10.1 Å². The van der Waals surface area contributed by atoms with Crippen LogP contribution in [-0.2, 0) is 6.42 Å². The van der Waals surface area contributed by atoms with E-state index in [1.54, 1.807) is 35.3 Å². The molecule has 0 bridgehead atoms. The molecule has 1 saturated heterocycles. The summed E-state index contributed by atoms with van der Waals surface area (Å²) in [7, 11) is 0. The number of amides is 1. The van der Waals surface area contributed by atoms with Crippen LogP contribution in [0.15, 0.2) is 48.8 Å². The van der Waals surface area contributed by atoms with E-state index in [9.17, 15) is 9.59 Å². The average molecular weight is 447 g/mol. The Kier molecular flexibility index (Phi) is 5.81. The van der Waals surface area contributed by atoms with Crippen molar-refractivity contribution in [3.63, 3.8) is 0 Å². The Balaban J connectivity index is 1.26. The zero-order chi connectivity index (χ0) is 22.8. The number of ketones is 1. The first-order valence-electron chi connectivity index (χ1n) is 11.4. The van der Waals surface area contributed by atoms with Gasteiger partial charge in [-0.2, -0.15) is 5.10 Å².